The third-order valence-electron chi connectivity index (χ3n) is 2.33. The molecule has 0 aromatic rings. The van der Waals surface area contributed by atoms with E-state index in [1.807, 2.05) is 0 Å². The van der Waals surface area contributed by atoms with Gasteiger partial charge in [-0.1, -0.05) is 13.8 Å². The summed E-state index contributed by atoms with van der Waals surface area (Å²) < 4.78 is 0. The maximum absolute atomic E-state index is 5.85. The zero-order valence-electron chi connectivity index (χ0n) is 8.15. The molecule has 2 heteroatoms. The summed E-state index contributed by atoms with van der Waals surface area (Å²) >= 11 is 5.85. The molecule has 1 saturated carbocycles. The summed E-state index contributed by atoms with van der Waals surface area (Å²) in [7, 11) is 0. The van der Waals surface area contributed by atoms with Gasteiger partial charge >= 0.3 is 0 Å². The molecule has 0 heterocycles. The highest BCUT2D eigenvalue weighted by molar-refractivity contribution is 6.18. The number of hydrogen-bond acceptors (Lipinski definition) is 1. The van der Waals surface area contributed by atoms with Crippen LogP contribution in [-0.4, -0.2) is 18.5 Å². The zero-order valence-corrected chi connectivity index (χ0v) is 8.90. The van der Waals surface area contributed by atoms with Crippen LogP contribution in [0.15, 0.2) is 0 Å². The van der Waals surface area contributed by atoms with Crippen LogP contribution in [0.3, 0.4) is 0 Å². The second kappa shape index (κ2) is 5.08. The Morgan fingerprint density at radius 1 is 1.42 bits per heavy atom. The van der Waals surface area contributed by atoms with Gasteiger partial charge in [0.2, 0.25) is 0 Å². The van der Waals surface area contributed by atoms with Gasteiger partial charge in [-0.05, 0) is 37.6 Å². The Balaban J connectivity index is 2.06. The Hall–Kier alpha value is 0.250. The van der Waals surface area contributed by atoms with Crippen molar-refractivity contribution in [2.45, 2.75) is 39.2 Å². The van der Waals surface area contributed by atoms with Gasteiger partial charge in [-0.25, -0.2) is 0 Å². The average molecular weight is 190 g/mol. The van der Waals surface area contributed by atoms with Crippen molar-refractivity contribution in [3.05, 3.63) is 0 Å². The normalized spacial score (nSPS) is 20.0. The minimum absolute atomic E-state index is 0.535. The van der Waals surface area contributed by atoms with E-state index < -0.39 is 0 Å². The molecule has 0 spiro atoms. The average Bonchev–Trinajstić information content (AvgIpc) is 2.80. The van der Waals surface area contributed by atoms with Crippen molar-refractivity contribution in [3.8, 4) is 0 Å². The topological polar surface area (TPSA) is 12.0 Å². The lowest BCUT2D eigenvalue weighted by Gasteiger charge is -2.17. The van der Waals surface area contributed by atoms with Crippen molar-refractivity contribution in [2.24, 2.45) is 11.8 Å². The molecule has 1 atom stereocenters. The highest BCUT2D eigenvalue weighted by Gasteiger charge is 2.22. The number of alkyl halides is 1. The number of halogens is 1. The maximum Gasteiger partial charge on any atom is 0.0377 e. The van der Waals surface area contributed by atoms with Gasteiger partial charge in [0.1, 0.15) is 0 Å². The first kappa shape index (κ1) is 10.3. The summed E-state index contributed by atoms with van der Waals surface area (Å²) in [5.74, 6) is 2.47. The van der Waals surface area contributed by atoms with E-state index in [2.05, 4.69) is 19.2 Å². The minimum atomic E-state index is 0.535. The van der Waals surface area contributed by atoms with Crippen molar-refractivity contribution >= 4 is 11.6 Å². The molecule has 0 aromatic carbocycles. The van der Waals surface area contributed by atoms with Crippen molar-refractivity contribution in [1.29, 1.82) is 0 Å². The Morgan fingerprint density at radius 3 is 2.50 bits per heavy atom. The molecule has 1 rings (SSSR count). The standard InChI is InChI=1S/C10H20ClN/c1-8(2)5-10(6-11)12-7-9-3-4-9/h8-10,12H,3-7H2,1-2H3. The summed E-state index contributed by atoms with van der Waals surface area (Å²) in [6, 6.07) is 0.535. The van der Waals surface area contributed by atoms with Crippen LogP contribution in [0.4, 0.5) is 0 Å². The molecule has 1 aliphatic carbocycles. The number of hydrogen-bond donors (Lipinski definition) is 1. The fourth-order valence-corrected chi connectivity index (χ4v) is 1.66. The van der Waals surface area contributed by atoms with E-state index in [-0.39, 0.29) is 0 Å². The summed E-state index contributed by atoms with van der Waals surface area (Å²) in [5.41, 5.74) is 0. The summed E-state index contributed by atoms with van der Waals surface area (Å²) in [6.45, 7) is 5.68. The predicted molar refractivity (Wildman–Crippen MR) is 54.7 cm³/mol. The second-order valence-corrected chi connectivity index (χ2v) is 4.64. The Labute approximate surface area is 80.9 Å². The molecule has 0 saturated heterocycles. The predicted octanol–water partition coefficient (Wildman–Crippen LogP) is 2.64. The molecule has 72 valence electrons. The smallest absolute Gasteiger partial charge is 0.0377 e. The van der Waals surface area contributed by atoms with Gasteiger partial charge in [-0.15, -0.1) is 11.6 Å². The quantitative estimate of drug-likeness (QED) is 0.634. The molecular weight excluding hydrogens is 170 g/mol. The fraction of sp³-hybridized carbons (Fsp3) is 1.00. The van der Waals surface area contributed by atoms with Crippen LogP contribution >= 0.6 is 11.6 Å². The first-order chi connectivity index (χ1) is 5.72. The van der Waals surface area contributed by atoms with Crippen LogP contribution in [-0.2, 0) is 0 Å². The minimum Gasteiger partial charge on any atom is -0.313 e. The summed E-state index contributed by atoms with van der Waals surface area (Å²) in [4.78, 5) is 0. The van der Waals surface area contributed by atoms with Crippen LogP contribution in [0.5, 0.6) is 0 Å². The molecule has 1 unspecified atom stereocenters. The molecule has 0 amide bonds. The zero-order chi connectivity index (χ0) is 8.97. The monoisotopic (exact) mass is 189 g/mol. The van der Waals surface area contributed by atoms with E-state index in [0.29, 0.717) is 6.04 Å². The number of nitrogens with one attached hydrogen (secondary N) is 1. The van der Waals surface area contributed by atoms with Gasteiger partial charge in [-0.3, -0.25) is 0 Å². The Morgan fingerprint density at radius 2 is 2.08 bits per heavy atom. The molecule has 0 aromatic heterocycles. The van der Waals surface area contributed by atoms with E-state index in [0.717, 1.165) is 17.7 Å². The van der Waals surface area contributed by atoms with Crippen molar-refractivity contribution in [2.75, 3.05) is 12.4 Å². The van der Waals surface area contributed by atoms with E-state index >= 15 is 0 Å². The third kappa shape index (κ3) is 4.32. The second-order valence-electron chi connectivity index (χ2n) is 4.33. The highest BCUT2D eigenvalue weighted by Crippen LogP contribution is 2.27. The first-order valence-electron chi connectivity index (χ1n) is 5.01. The van der Waals surface area contributed by atoms with Crippen molar-refractivity contribution in [1.82, 2.24) is 5.32 Å². The van der Waals surface area contributed by atoms with Crippen LogP contribution in [0.2, 0.25) is 0 Å². The number of rotatable bonds is 6. The van der Waals surface area contributed by atoms with Gasteiger partial charge < -0.3 is 5.32 Å². The molecule has 0 radical (unpaired) electrons. The maximum atomic E-state index is 5.85. The van der Waals surface area contributed by atoms with E-state index in [1.165, 1.54) is 25.8 Å². The molecule has 1 N–H and O–H groups in total. The lowest BCUT2D eigenvalue weighted by Crippen LogP contribution is -2.33. The van der Waals surface area contributed by atoms with Crippen molar-refractivity contribution in [3.63, 3.8) is 0 Å². The SMILES string of the molecule is CC(C)CC(CCl)NCC1CC1. The Kier molecular flexibility index (Phi) is 4.38. The summed E-state index contributed by atoms with van der Waals surface area (Å²) in [5, 5.41) is 3.53. The highest BCUT2D eigenvalue weighted by atomic mass is 35.5. The van der Waals surface area contributed by atoms with E-state index in [4.69, 9.17) is 11.6 Å². The largest absolute Gasteiger partial charge is 0.313 e. The lowest BCUT2D eigenvalue weighted by molar-refractivity contribution is 0.438. The van der Waals surface area contributed by atoms with Crippen LogP contribution < -0.4 is 5.32 Å². The fourth-order valence-electron chi connectivity index (χ4n) is 1.43. The van der Waals surface area contributed by atoms with Gasteiger partial charge in [0.05, 0.1) is 0 Å². The van der Waals surface area contributed by atoms with Gasteiger partial charge in [0.15, 0.2) is 0 Å². The van der Waals surface area contributed by atoms with Crippen LogP contribution in [0, 0.1) is 11.8 Å². The first-order valence-corrected chi connectivity index (χ1v) is 5.55. The third-order valence-corrected chi connectivity index (χ3v) is 2.71. The van der Waals surface area contributed by atoms with Crippen LogP contribution in [0.25, 0.3) is 0 Å². The molecule has 0 aliphatic heterocycles. The molecule has 12 heavy (non-hydrogen) atoms. The Bertz CT molecular complexity index is 121. The molecular formula is C10H20ClN. The molecule has 0 bridgehead atoms. The van der Waals surface area contributed by atoms with Gasteiger partial charge in [-0.2, -0.15) is 0 Å². The molecule has 1 fully saturated rings. The lowest BCUT2D eigenvalue weighted by atomic mass is 10.1. The summed E-state index contributed by atoms with van der Waals surface area (Å²) in [6.07, 6.45) is 4.05. The van der Waals surface area contributed by atoms with Gasteiger partial charge in [0, 0.05) is 11.9 Å². The van der Waals surface area contributed by atoms with E-state index in [9.17, 15) is 0 Å². The molecule has 1 aliphatic rings. The molecule has 1 nitrogen and oxygen atoms in total. The van der Waals surface area contributed by atoms with Gasteiger partial charge in [0.25, 0.3) is 0 Å². The van der Waals surface area contributed by atoms with Crippen molar-refractivity contribution < 1.29 is 0 Å². The van der Waals surface area contributed by atoms with Crippen LogP contribution in [0.1, 0.15) is 33.1 Å². The van der Waals surface area contributed by atoms with E-state index in [1.54, 1.807) is 0 Å².